The standard InChI is InChI=1S/C10H11ClN2O2S/c11-6-8(14)13-4-3-12-10(15)9(13)7-2-1-5-16-7/h1-2,5,9H,3-4,6H2,(H,12,15). The maximum absolute atomic E-state index is 11.8. The van der Waals surface area contributed by atoms with Crippen molar-refractivity contribution in [2.75, 3.05) is 19.0 Å². The van der Waals surface area contributed by atoms with Crippen LogP contribution < -0.4 is 5.32 Å². The molecule has 0 radical (unpaired) electrons. The van der Waals surface area contributed by atoms with Gasteiger partial charge < -0.3 is 10.2 Å². The van der Waals surface area contributed by atoms with Gasteiger partial charge in [-0.1, -0.05) is 6.07 Å². The van der Waals surface area contributed by atoms with E-state index >= 15 is 0 Å². The summed E-state index contributed by atoms with van der Waals surface area (Å²) in [7, 11) is 0. The van der Waals surface area contributed by atoms with Gasteiger partial charge in [-0.05, 0) is 11.4 Å². The molecule has 1 saturated heterocycles. The van der Waals surface area contributed by atoms with Crippen molar-refractivity contribution < 1.29 is 9.59 Å². The molecule has 0 spiro atoms. The molecule has 0 bridgehead atoms. The van der Waals surface area contributed by atoms with Crippen LogP contribution >= 0.6 is 22.9 Å². The van der Waals surface area contributed by atoms with Gasteiger partial charge in [-0.2, -0.15) is 0 Å². The number of hydrogen-bond acceptors (Lipinski definition) is 3. The highest BCUT2D eigenvalue weighted by atomic mass is 35.5. The third kappa shape index (κ3) is 2.05. The number of piperazine rings is 1. The van der Waals surface area contributed by atoms with Crippen molar-refractivity contribution in [2.24, 2.45) is 0 Å². The summed E-state index contributed by atoms with van der Waals surface area (Å²) >= 11 is 7.01. The third-order valence-electron chi connectivity index (χ3n) is 2.46. The molecule has 1 aromatic heterocycles. The Kier molecular flexibility index (Phi) is 3.46. The Morgan fingerprint density at radius 1 is 1.69 bits per heavy atom. The van der Waals surface area contributed by atoms with Gasteiger partial charge in [-0.3, -0.25) is 9.59 Å². The van der Waals surface area contributed by atoms with Crippen molar-refractivity contribution in [3.8, 4) is 0 Å². The summed E-state index contributed by atoms with van der Waals surface area (Å²) in [6, 6.07) is 3.21. The Morgan fingerprint density at radius 2 is 2.50 bits per heavy atom. The first-order valence-corrected chi connectivity index (χ1v) is 6.32. The van der Waals surface area contributed by atoms with Crippen LogP contribution in [0.4, 0.5) is 0 Å². The van der Waals surface area contributed by atoms with E-state index in [1.54, 1.807) is 0 Å². The lowest BCUT2D eigenvalue weighted by atomic mass is 10.1. The molecule has 2 rings (SSSR count). The fourth-order valence-electron chi connectivity index (χ4n) is 1.74. The predicted octanol–water partition coefficient (Wildman–Crippen LogP) is 0.986. The number of nitrogens with zero attached hydrogens (tertiary/aromatic N) is 1. The minimum Gasteiger partial charge on any atom is -0.352 e. The summed E-state index contributed by atoms with van der Waals surface area (Å²) in [5, 5.41) is 4.65. The van der Waals surface area contributed by atoms with Crippen molar-refractivity contribution in [1.29, 1.82) is 0 Å². The zero-order valence-corrected chi connectivity index (χ0v) is 10.1. The highest BCUT2D eigenvalue weighted by molar-refractivity contribution is 7.10. The molecule has 1 fully saturated rings. The van der Waals surface area contributed by atoms with Gasteiger partial charge in [0, 0.05) is 18.0 Å². The Balaban J connectivity index is 2.28. The predicted molar refractivity (Wildman–Crippen MR) is 62.5 cm³/mol. The smallest absolute Gasteiger partial charge is 0.248 e. The van der Waals surface area contributed by atoms with E-state index in [-0.39, 0.29) is 17.7 Å². The van der Waals surface area contributed by atoms with Crippen LogP contribution in [-0.2, 0) is 9.59 Å². The number of carbonyl (C=O) groups excluding carboxylic acids is 2. The van der Waals surface area contributed by atoms with Gasteiger partial charge in [0.25, 0.3) is 0 Å². The molecule has 1 N–H and O–H groups in total. The number of hydrogen-bond donors (Lipinski definition) is 1. The Hall–Kier alpha value is -1.07. The molecule has 0 aromatic carbocycles. The molecule has 2 amide bonds. The quantitative estimate of drug-likeness (QED) is 0.805. The maximum Gasteiger partial charge on any atom is 0.248 e. The molecule has 86 valence electrons. The van der Waals surface area contributed by atoms with Crippen molar-refractivity contribution in [3.05, 3.63) is 22.4 Å². The molecule has 0 aliphatic carbocycles. The molecule has 1 atom stereocenters. The van der Waals surface area contributed by atoms with E-state index in [9.17, 15) is 9.59 Å². The fourth-order valence-corrected chi connectivity index (χ4v) is 2.73. The van der Waals surface area contributed by atoms with Crippen LogP contribution in [0.25, 0.3) is 0 Å². The zero-order valence-electron chi connectivity index (χ0n) is 8.48. The van der Waals surface area contributed by atoms with Gasteiger partial charge in [0.2, 0.25) is 11.8 Å². The van der Waals surface area contributed by atoms with E-state index in [2.05, 4.69) is 5.32 Å². The molecular weight excluding hydrogens is 248 g/mol. The van der Waals surface area contributed by atoms with Crippen molar-refractivity contribution in [3.63, 3.8) is 0 Å². The first-order valence-electron chi connectivity index (χ1n) is 4.90. The summed E-state index contributed by atoms with van der Waals surface area (Å²) in [5.41, 5.74) is 0. The number of nitrogens with one attached hydrogen (secondary N) is 1. The van der Waals surface area contributed by atoms with Crippen molar-refractivity contribution in [1.82, 2.24) is 10.2 Å². The topological polar surface area (TPSA) is 49.4 Å². The first kappa shape index (κ1) is 11.4. The van der Waals surface area contributed by atoms with Crippen molar-refractivity contribution in [2.45, 2.75) is 6.04 Å². The van der Waals surface area contributed by atoms with Gasteiger partial charge in [-0.15, -0.1) is 22.9 Å². The molecule has 1 unspecified atom stereocenters. The zero-order chi connectivity index (χ0) is 11.5. The highest BCUT2D eigenvalue weighted by Gasteiger charge is 2.34. The lowest BCUT2D eigenvalue weighted by molar-refractivity contribution is -0.141. The average molecular weight is 259 g/mol. The van der Waals surface area contributed by atoms with Crippen LogP contribution in [0.3, 0.4) is 0 Å². The number of carbonyl (C=O) groups is 2. The Labute approximate surface area is 102 Å². The second-order valence-electron chi connectivity index (χ2n) is 3.43. The van der Waals surface area contributed by atoms with Crippen LogP contribution in [0.2, 0.25) is 0 Å². The van der Waals surface area contributed by atoms with E-state index in [1.807, 2.05) is 17.5 Å². The molecule has 1 aromatic rings. The minimum atomic E-state index is -0.514. The molecule has 0 saturated carbocycles. The van der Waals surface area contributed by atoms with Crippen molar-refractivity contribution >= 4 is 34.8 Å². The summed E-state index contributed by atoms with van der Waals surface area (Å²) < 4.78 is 0. The number of rotatable bonds is 2. The Morgan fingerprint density at radius 3 is 3.12 bits per heavy atom. The lowest BCUT2D eigenvalue weighted by Crippen LogP contribution is -2.52. The third-order valence-corrected chi connectivity index (χ3v) is 3.61. The second kappa shape index (κ2) is 4.84. The summed E-state index contributed by atoms with van der Waals surface area (Å²) in [5.74, 6) is -0.420. The second-order valence-corrected chi connectivity index (χ2v) is 4.68. The van der Waals surface area contributed by atoms with E-state index < -0.39 is 6.04 Å². The molecule has 2 heterocycles. The number of halogens is 1. The van der Waals surface area contributed by atoms with Crippen LogP contribution in [0.1, 0.15) is 10.9 Å². The molecule has 4 nitrogen and oxygen atoms in total. The molecule has 1 aliphatic rings. The van der Waals surface area contributed by atoms with E-state index in [1.165, 1.54) is 16.2 Å². The van der Waals surface area contributed by atoms with Crippen LogP contribution in [0.15, 0.2) is 17.5 Å². The first-order chi connectivity index (χ1) is 7.74. The lowest BCUT2D eigenvalue weighted by Gasteiger charge is -2.34. The maximum atomic E-state index is 11.8. The van der Waals surface area contributed by atoms with E-state index in [0.29, 0.717) is 13.1 Å². The van der Waals surface area contributed by atoms with Gasteiger partial charge >= 0.3 is 0 Å². The monoisotopic (exact) mass is 258 g/mol. The Bertz CT molecular complexity index is 394. The van der Waals surface area contributed by atoms with E-state index in [0.717, 1.165) is 4.88 Å². The van der Waals surface area contributed by atoms with Crippen LogP contribution in [-0.4, -0.2) is 35.7 Å². The van der Waals surface area contributed by atoms with Gasteiger partial charge in [0.05, 0.1) is 0 Å². The molecule has 16 heavy (non-hydrogen) atoms. The van der Waals surface area contributed by atoms with Crippen LogP contribution in [0, 0.1) is 0 Å². The highest BCUT2D eigenvalue weighted by Crippen LogP contribution is 2.27. The van der Waals surface area contributed by atoms with Crippen LogP contribution in [0.5, 0.6) is 0 Å². The van der Waals surface area contributed by atoms with Gasteiger partial charge in [-0.25, -0.2) is 0 Å². The summed E-state index contributed by atoms with van der Waals surface area (Å²) in [4.78, 5) is 25.8. The molecule has 1 aliphatic heterocycles. The normalized spacial score (nSPS) is 20.7. The SMILES string of the molecule is O=C1NCCN(C(=O)CCl)C1c1cccs1. The number of amides is 2. The minimum absolute atomic E-state index is 0.0881. The largest absolute Gasteiger partial charge is 0.352 e. The van der Waals surface area contributed by atoms with Gasteiger partial charge in [0.1, 0.15) is 11.9 Å². The number of alkyl halides is 1. The summed E-state index contributed by atoms with van der Waals surface area (Å²) in [6.45, 7) is 1.00. The molecule has 6 heteroatoms. The van der Waals surface area contributed by atoms with E-state index in [4.69, 9.17) is 11.6 Å². The average Bonchev–Trinajstić information content (AvgIpc) is 2.81. The molecular formula is C10H11ClN2O2S. The van der Waals surface area contributed by atoms with Gasteiger partial charge in [0.15, 0.2) is 0 Å². The number of thiophene rings is 1. The fraction of sp³-hybridized carbons (Fsp3) is 0.400. The summed E-state index contributed by atoms with van der Waals surface area (Å²) in [6.07, 6.45) is 0.